The number of carbonyl (C=O) groups is 2. The summed E-state index contributed by atoms with van der Waals surface area (Å²) in [6.07, 6.45) is 2.89. The molecule has 112 valence electrons. The van der Waals surface area contributed by atoms with E-state index in [2.05, 4.69) is 6.08 Å². The molecule has 1 fully saturated rings. The predicted octanol–water partition coefficient (Wildman–Crippen LogP) is 1.80. The van der Waals surface area contributed by atoms with Crippen molar-refractivity contribution >= 4 is 28.8 Å². The highest BCUT2D eigenvalue weighted by Gasteiger charge is 2.31. The fraction of sp³-hybridized carbons (Fsp3) is 0.467. The molecule has 0 N–H and O–H groups in total. The molecule has 0 aromatic carbocycles. The third-order valence-electron chi connectivity index (χ3n) is 3.86. The van der Waals surface area contributed by atoms with Gasteiger partial charge in [0.25, 0.3) is 0 Å². The van der Waals surface area contributed by atoms with Gasteiger partial charge in [-0.3, -0.25) is 4.79 Å². The first-order valence-corrected chi connectivity index (χ1v) is 7.80. The van der Waals surface area contributed by atoms with Crippen LogP contribution in [0.3, 0.4) is 0 Å². The second kappa shape index (κ2) is 5.99. The van der Waals surface area contributed by atoms with Crippen molar-refractivity contribution in [2.75, 3.05) is 33.4 Å². The van der Waals surface area contributed by atoms with E-state index in [0.717, 1.165) is 18.5 Å². The summed E-state index contributed by atoms with van der Waals surface area (Å²) >= 11 is 1.39. The molecule has 0 spiro atoms. The SMILES string of the molecule is COC(=O)c1cc(C2=CCN(C(=O)C3COC3)CC2)cs1. The highest BCUT2D eigenvalue weighted by atomic mass is 32.1. The fourth-order valence-corrected chi connectivity index (χ4v) is 3.33. The Bertz CT molecular complexity index is 588. The van der Waals surface area contributed by atoms with Gasteiger partial charge in [-0.1, -0.05) is 6.08 Å². The van der Waals surface area contributed by atoms with Crippen molar-refractivity contribution in [2.45, 2.75) is 6.42 Å². The molecule has 0 atom stereocenters. The molecule has 0 saturated carbocycles. The standard InChI is InChI=1S/C15H17NO4S/c1-19-15(18)13-6-11(9-21-13)10-2-4-16(5-3-10)14(17)12-7-20-8-12/h2,6,9,12H,3-5,7-8H2,1H3. The van der Waals surface area contributed by atoms with Gasteiger partial charge in [-0.05, 0) is 29.0 Å². The fourth-order valence-electron chi connectivity index (χ4n) is 2.48. The lowest BCUT2D eigenvalue weighted by Crippen LogP contribution is -2.46. The molecule has 1 saturated heterocycles. The van der Waals surface area contributed by atoms with E-state index in [9.17, 15) is 9.59 Å². The number of hydrogen-bond donors (Lipinski definition) is 0. The lowest BCUT2D eigenvalue weighted by atomic mass is 10.00. The summed E-state index contributed by atoms with van der Waals surface area (Å²) < 4.78 is 9.79. The van der Waals surface area contributed by atoms with E-state index in [1.807, 2.05) is 16.3 Å². The van der Waals surface area contributed by atoms with Crippen LogP contribution in [0.15, 0.2) is 17.5 Å². The number of ether oxygens (including phenoxy) is 2. The number of thiophene rings is 1. The first-order valence-electron chi connectivity index (χ1n) is 6.92. The Hall–Kier alpha value is -1.66. The van der Waals surface area contributed by atoms with Crippen molar-refractivity contribution in [3.05, 3.63) is 28.0 Å². The number of hydrogen-bond acceptors (Lipinski definition) is 5. The summed E-state index contributed by atoms with van der Waals surface area (Å²) in [5.74, 6) is -0.0615. The maximum Gasteiger partial charge on any atom is 0.348 e. The van der Waals surface area contributed by atoms with E-state index in [-0.39, 0.29) is 17.8 Å². The van der Waals surface area contributed by atoms with Crippen LogP contribution in [-0.4, -0.2) is 50.2 Å². The summed E-state index contributed by atoms with van der Waals surface area (Å²) in [5.41, 5.74) is 2.25. The number of rotatable bonds is 3. The molecule has 5 nitrogen and oxygen atoms in total. The molecule has 0 radical (unpaired) electrons. The second-order valence-electron chi connectivity index (χ2n) is 5.19. The number of nitrogens with zero attached hydrogens (tertiary/aromatic N) is 1. The maximum absolute atomic E-state index is 12.1. The van der Waals surface area contributed by atoms with Crippen LogP contribution in [-0.2, 0) is 14.3 Å². The van der Waals surface area contributed by atoms with E-state index in [1.165, 1.54) is 24.0 Å². The van der Waals surface area contributed by atoms with Crippen molar-refractivity contribution in [3.63, 3.8) is 0 Å². The van der Waals surface area contributed by atoms with Gasteiger partial charge >= 0.3 is 5.97 Å². The highest BCUT2D eigenvalue weighted by molar-refractivity contribution is 7.12. The second-order valence-corrected chi connectivity index (χ2v) is 6.10. The first kappa shape index (κ1) is 14.3. The predicted molar refractivity (Wildman–Crippen MR) is 79.1 cm³/mol. The average molecular weight is 307 g/mol. The molecule has 2 aliphatic heterocycles. The largest absolute Gasteiger partial charge is 0.465 e. The molecule has 1 aromatic heterocycles. The zero-order valence-corrected chi connectivity index (χ0v) is 12.6. The number of esters is 1. The van der Waals surface area contributed by atoms with Crippen molar-refractivity contribution in [1.29, 1.82) is 0 Å². The zero-order valence-electron chi connectivity index (χ0n) is 11.8. The topological polar surface area (TPSA) is 55.8 Å². The minimum absolute atomic E-state index is 0.0482. The molecule has 0 aliphatic carbocycles. The van der Waals surface area contributed by atoms with Crippen LogP contribution >= 0.6 is 11.3 Å². The van der Waals surface area contributed by atoms with Crippen LogP contribution < -0.4 is 0 Å². The Labute approximate surface area is 127 Å². The maximum atomic E-state index is 12.1. The van der Waals surface area contributed by atoms with Crippen LogP contribution in [0.25, 0.3) is 5.57 Å². The molecule has 0 unspecified atom stereocenters. The summed E-state index contributed by atoms with van der Waals surface area (Å²) in [5, 5.41) is 1.97. The van der Waals surface area contributed by atoms with Gasteiger partial charge in [-0.15, -0.1) is 11.3 Å². The van der Waals surface area contributed by atoms with Gasteiger partial charge in [-0.25, -0.2) is 4.79 Å². The van der Waals surface area contributed by atoms with Gasteiger partial charge in [0.05, 0.1) is 26.2 Å². The Balaban J connectivity index is 1.65. The van der Waals surface area contributed by atoms with Gasteiger partial charge < -0.3 is 14.4 Å². The molecular formula is C15H17NO4S. The number of amides is 1. The molecule has 6 heteroatoms. The lowest BCUT2D eigenvalue weighted by molar-refractivity contribution is -0.149. The molecular weight excluding hydrogens is 290 g/mol. The molecule has 3 heterocycles. The van der Waals surface area contributed by atoms with Crippen molar-refractivity contribution < 1.29 is 19.1 Å². The molecule has 1 amide bonds. The van der Waals surface area contributed by atoms with Gasteiger partial charge in [-0.2, -0.15) is 0 Å². The summed E-state index contributed by atoms with van der Waals surface area (Å²) in [7, 11) is 1.38. The minimum Gasteiger partial charge on any atom is -0.465 e. The minimum atomic E-state index is -0.301. The Morgan fingerprint density at radius 3 is 2.81 bits per heavy atom. The van der Waals surface area contributed by atoms with Gasteiger partial charge in [0.2, 0.25) is 5.91 Å². The molecule has 21 heavy (non-hydrogen) atoms. The van der Waals surface area contributed by atoms with Crippen molar-refractivity contribution in [2.24, 2.45) is 5.92 Å². The monoisotopic (exact) mass is 307 g/mol. The van der Waals surface area contributed by atoms with Crippen molar-refractivity contribution in [3.8, 4) is 0 Å². The van der Waals surface area contributed by atoms with Gasteiger partial charge in [0, 0.05) is 13.1 Å². The number of carbonyl (C=O) groups excluding carboxylic acids is 2. The van der Waals surface area contributed by atoms with E-state index < -0.39 is 0 Å². The third kappa shape index (κ3) is 2.87. The summed E-state index contributed by atoms with van der Waals surface area (Å²) in [6.45, 7) is 2.47. The average Bonchev–Trinajstić information content (AvgIpc) is 2.94. The quantitative estimate of drug-likeness (QED) is 0.799. The third-order valence-corrected chi connectivity index (χ3v) is 4.78. The van der Waals surface area contributed by atoms with Crippen molar-refractivity contribution in [1.82, 2.24) is 4.90 Å². The summed E-state index contributed by atoms with van der Waals surface area (Å²) in [4.78, 5) is 26.1. The summed E-state index contributed by atoms with van der Waals surface area (Å²) in [6, 6.07) is 1.86. The van der Waals surface area contributed by atoms with E-state index >= 15 is 0 Å². The molecule has 1 aromatic rings. The highest BCUT2D eigenvalue weighted by Crippen LogP contribution is 2.28. The lowest BCUT2D eigenvalue weighted by Gasteiger charge is -2.33. The van der Waals surface area contributed by atoms with Gasteiger partial charge in [0.15, 0.2) is 0 Å². The zero-order chi connectivity index (χ0) is 14.8. The van der Waals surface area contributed by atoms with Crippen LogP contribution in [0, 0.1) is 5.92 Å². The van der Waals surface area contributed by atoms with Crippen LogP contribution in [0.1, 0.15) is 21.7 Å². The molecule has 0 bridgehead atoms. The van der Waals surface area contributed by atoms with E-state index in [0.29, 0.717) is 24.6 Å². The Morgan fingerprint density at radius 2 is 2.24 bits per heavy atom. The van der Waals surface area contributed by atoms with Crippen LogP contribution in [0.4, 0.5) is 0 Å². The van der Waals surface area contributed by atoms with Crippen LogP contribution in [0.5, 0.6) is 0 Å². The normalized spacial score (nSPS) is 18.9. The first-order chi connectivity index (χ1) is 10.2. The van der Waals surface area contributed by atoms with E-state index in [4.69, 9.17) is 9.47 Å². The van der Waals surface area contributed by atoms with E-state index in [1.54, 1.807) is 0 Å². The molecule has 3 rings (SSSR count). The number of methoxy groups -OCH3 is 1. The van der Waals surface area contributed by atoms with Crippen LogP contribution in [0.2, 0.25) is 0 Å². The Morgan fingerprint density at radius 1 is 1.43 bits per heavy atom. The smallest absolute Gasteiger partial charge is 0.348 e. The molecule has 2 aliphatic rings. The Kier molecular flexibility index (Phi) is 4.07. The van der Waals surface area contributed by atoms with Gasteiger partial charge in [0.1, 0.15) is 4.88 Å².